The Morgan fingerprint density at radius 2 is 0.812 bits per heavy atom. The number of rotatable bonds is 11. The Bertz CT molecular complexity index is 2290. The fourth-order valence-corrected chi connectivity index (χ4v) is 41.4. The van der Waals surface area contributed by atoms with Gasteiger partial charge in [-0.2, -0.15) is 0 Å². The number of allylic oxidation sites excluding steroid dienone is 2. The van der Waals surface area contributed by atoms with E-state index in [1.165, 1.54) is 0 Å². The molecule has 0 saturated heterocycles. The van der Waals surface area contributed by atoms with E-state index in [1.807, 2.05) is 65.1 Å². The van der Waals surface area contributed by atoms with E-state index in [1.54, 1.807) is 26.0 Å². The Kier molecular flexibility index (Phi) is 13.7. The number of halogens is 14. The standard InChI is InChI=1S/2C23H21F6.C2H7Si.2ClH.Zr/c2*1-4-15-5-6-16-8-14(7-13(2)3)9-20(16)21(15)17-10-18(22(24,25)26)12-19(11-17)23(27,28)29;1-3-2;;;/h2*5-6,8-13H,4,7H2,1-3H3;3H,1-2H3;2*1H;/q;;;;;+2/p-2. The monoisotopic (exact) mass is 1040 g/mol. The first-order valence-corrected chi connectivity index (χ1v) is 37.5. The molecule has 64 heavy (non-hydrogen) atoms. The maximum atomic E-state index is 14.3. The van der Waals surface area contributed by atoms with Gasteiger partial charge >= 0.3 is 377 Å². The molecule has 4 aromatic rings. The molecule has 0 heterocycles. The number of hydrogen-bond acceptors (Lipinski definition) is 0. The molecule has 0 spiro atoms. The van der Waals surface area contributed by atoms with Gasteiger partial charge in [-0.15, -0.1) is 0 Å². The molecular weight excluding hydrogens is 995 g/mol. The van der Waals surface area contributed by atoms with Gasteiger partial charge in [0.05, 0.1) is 0 Å². The SMILES string of the molecule is CCc1ccc2c(c1-c1cc(C(F)(F)F)cc(C(F)(F)F)c1)C=C(CC(C)C)[CH]2[Zr]([Cl])([Cl])([CH]1C(CC(C)C)=Cc2c1ccc(CC)c2-c1cc(C(F)(F)F)cc(C(F)(F)F)c1)[SiH](C)C. The van der Waals surface area contributed by atoms with Gasteiger partial charge in [0, 0.05) is 0 Å². The molecule has 16 heteroatoms. The van der Waals surface area contributed by atoms with Crippen LogP contribution in [0.15, 0.2) is 71.8 Å². The van der Waals surface area contributed by atoms with Crippen LogP contribution in [0.3, 0.4) is 0 Å². The van der Waals surface area contributed by atoms with E-state index >= 15 is 0 Å². The van der Waals surface area contributed by atoms with Crippen molar-refractivity contribution >= 4 is 35.1 Å². The first kappa shape index (κ1) is 50.6. The van der Waals surface area contributed by atoms with Gasteiger partial charge in [0.2, 0.25) is 0 Å². The van der Waals surface area contributed by atoms with Gasteiger partial charge in [0.1, 0.15) is 0 Å². The fraction of sp³-hybridized carbons (Fsp3) is 0.417. The quantitative estimate of drug-likeness (QED) is 0.104. The van der Waals surface area contributed by atoms with Crippen molar-refractivity contribution in [1.29, 1.82) is 0 Å². The van der Waals surface area contributed by atoms with Gasteiger partial charge in [0.25, 0.3) is 0 Å². The molecule has 0 fully saturated rings. The zero-order valence-electron chi connectivity index (χ0n) is 36.4. The van der Waals surface area contributed by atoms with Crippen LogP contribution in [-0.2, 0) is 53.1 Å². The summed E-state index contributed by atoms with van der Waals surface area (Å²) in [7, 11) is 17.2. The van der Waals surface area contributed by atoms with E-state index in [0.717, 1.165) is 35.4 Å². The van der Waals surface area contributed by atoms with Gasteiger partial charge < -0.3 is 0 Å². The minimum atomic E-state index is -5.86. The van der Waals surface area contributed by atoms with Gasteiger partial charge in [-0.05, 0) is 0 Å². The normalized spacial score (nSPS) is 17.8. The van der Waals surface area contributed by atoms with Crippen LogP contribution in [0, 0.1) is 11.8 Å². The fourth-order valence-electron chi connectivity index (χ4n) is 10.0. The van der Waals surface area contributed by atoms with E-state index in [2.05, 4.69) is 0 Å². The summed E-state index contributed by atoms with van der Waals surface area (Å²) in [5.41, 5.74) is -1.30. The molecule has 0 aliphatic heterocycles. The average Bonchev–Trinajstić information content (AvgIpc) is 3.73. The van der Waals surface area contributed by atoms with Gasteiger partial charge in [0.15, 0.2) is 0 Å². The summed E-state index contributed by atoms with van der Waals surface area (Å²) in [6, 6.07) is 10.2. The molecule has 0 N–H and O–H groups in total. The molecule has 2 aliphatic rings. The van der Waals surface area contributed by atoms with Gasteiger partial charge in [-0.1, -0.05) is 0 Å². The summed E-state index contributed by atoms with van der Waals surface area (Å²) >= 11 is -5.86. The predicted molar refractivity (Wildman–Crippen MR) is 233 cm³/mol. The molecule has 0 nitrogen and oxygen atoms in total. The summed E-state index contributed by atoms with van der Waals surface area (Å²) in [5.74, 6) is -2.40. The number of aryl methyl sites for hydroxylation is 2. The Hall–Kier alpha value is -2.80. The zero-order valence-corrected chi connectivity index (χ0v) is 41.6. The predicted octanol–water partition coefficient (Wildman–Crippen LogP) is 17.9. The number of alkyl halides is 12. The Balaban J connectivity index is 1.71. The van der Waals surface area contributed by atoms with Crippen molar-refractivity contribution in [1.82, 2.24) is 0 Å². The number of fused-ring (bicyclic) bond motifs is 2. The van der Waals surface area contributed by atoms with E-state index in [9.17, 15) is 52.7 Å². The number of benzene rings is 4. The summed E-state index contributed by atoms with van der Waals surface area (Å²) < 4.78 is 170. The van der Waals surface area contributed by atoms with Crippen LogP contribution in [0.2, 0.25) is 13.1 Å². The van der Waals surface area contributed by atoms with E-state index < -0.39 is 75.7 Å². The molecule has 6 rings (SSSR count). The zero-order chi connectivity index (χ0) is 47.9. The van der Waals surface area contributed by atoms with E-state index in [0.29, 0.717) is 46.2 Å². The van der Waals surface area contributed by atoms with Crippen LogP contribution in [0.1, 0.15) is 117 Å². The van der Waals surface area contributed by atoms with Crippen molar-refractivity contribution in [3.05, 3.63) is 127 Å². The molecule has 0 bridgehead atoms. The third-order valence-corrected chi connectivity index (χ3v) is 64.6. The average molecular weight is 1040 g/mol. The van der Waals surface area contributed by atoms with Gasteiger partial charge in [-0.25, -0.2) is 0 Å². The molecule has 0 radical (unpaired) electrons. The van der Waals surface area contributed by atoms with Crippen molar-refractivity contribution in [3.63, 3.8) is 0 Å². The molecule has 0 saturated carbocycles. The van der Waals surface area contributed by atoms with Crippen molar-refractivity contribution in [2.75, 3.05) is 0 Å². The molecule has 2 atom stereocenters. The second-order valence-electron chi connectivity index (χ2n) is 18.4. The van der Waals surface area contributed by atoms with Crippen LogP contribution >= 0.6 is 17.0 Å². The first-order chi connectivity index (χ1) is 29.3. The summed E-state index contributed by atoms with van der Waals surface area (Å²) in [6.07, 6.45) is -15.3. The van der Waals surface area contributed by atoms with Crippen molar-refractivity contribution in [2.24, 2.45) is 11.8 Å². The molecule has 0 aromatic heterocycles. The van der Waals surface area contributed by atoms with Crippen molar-refractivity contribution in [3.8, 4) is 22.3 Å². The summed E-state index contributed by atoms with van der Waals surface area (Å²) in [5, 5.41) is 0. The van der Waals surface area contributed by atoms with Crippen LogP contribution < -0.4 is 0 Å². The molecule has 2 aliphatic carbocycles. The summed E-state index contributed by atoms with van der Waals surface area (Å²) in [6.45, 7) is 15.4. The van der Waals surface area contributed by atoms with Crippen LogP contribution in [0.4, 0.5) is 52.7 Å². The minimum absolute atomic E-state index is 0.00668. The summed E-state index contributed by atoms with van der Waals surface area (Å²) in [4.78, 5) is 0. The van der Waals surface area contributed by atoms with E-state index in [4.69, 9.17) is 17.0 Å². The van der Waals surface area contributed by atoms with Crippen molar-refractivity contribution < 1.29 is 68.2 Å². The Morgan fingerprint density at radius 3 is 1.05 bits per heavy atom. The van der Waals surface area contributed by atoms with E-state index in [-0.39, 0.29) is 59.1 Å². The topological polar surface area (TPSA) is 0 Å². The third-order valence-electron chi connectivity index (χ3n) is 12.8. The Labute approximate surface area is 374 Å². The van der Waals surface area contributed by atoms with Crippen LogP contribution in [-0.4, -0.2) is 5.92 Å². The first-order valence-electron chi connectivity index (χ1n) is 21.2. The van der Waals surface area contributed by atoms with Crippen LogP contribution in [0.5, 0.6) is 0 Å². The molecule has 0 amide bonds. The molecular formula is C48H49Cl2F12SiZr. The van der Waals surface area contributed by atoms with Crippen LogP contribution in [0.25, 0.3) is 34.4 Å². The molecule has 347 valence electrons. The second kappa shape index (κ2) is 17.4. The second-order valence-corrected chi connectivity index (χ2v) is 60.9. The third kappa shape index (κ3) is 9.25. The van der Waals surface area contributed by atoms with Gasteiger partial charge in [-0.3, -0.25) is 0 Å². The van der Waals surface area contributed by atoms with Crippen molar-refractivity contribution in [2.45, 2.75) is 112 Å². The Morgan fingerprint density at radius 1 is 0.516 bits per heavy atom. The number of hydrogen-bond donors (Lipinski definition) is 0. The maximum absolute atomic E-state index is 14.3. The molecule has 2 unspecified atom stereocenters. The molecule has 4 aromatic carbocycles.